The van der Waals surface area contributed by atoms with Gasteiger partial charge < -0.3 is 15.0 Å². The van der Waals surface area contributed by atoms with E-state index in [9.17, 15) is 18.4 Å². The van der Waals surface area contributed by atoms with E-state index in [0.717, 1.165) is 12.1 Å². The summed E-state index contributed by atoms with van der Waals surface area (Å²) in [6.45, 7) is 2.62. The number of ether oxygens (including phenoxy) is 1. The minimum absolute atomic E-state index is 0.0296. The maximum atomic E-state index is 13.7. The first-order valence-corrected chi connectivity index (χ1v) is 8.27. The van der Waals surface area contributed by atoms with E-state index >= 15 is 0 Å². The summed E-state index contributed by atoms with van der Waals surface area (Å²) in [6, 6.07) is 9.93. The Hall–Kier alpha value is -2.96. The van der Waals surface area contributed by atoms with E-state index in [1.54, 1.807) is 24.3 Å². The molecule has 1 saturated heterocycles. The molecular weight excluding hydrogens is 342 g/mol. The number of amides is 2. The lowest BCUT2D eigenvalue weighted by Gasteiger charge is -2.17. The third kappa shape index (κ3) is 3.82. The van der Waals surface area contributed by atoms with Crippen LogP contribution in [-0.2, 0) is 9.59 Å². The third-order valence-electron chi connectivity index (χ3n) is 4.14. The third-order valence-corrected chi connectivity index (χ3v) is 4.14. The largest absolute Gasteiger partial charge is 0.494 e. The van der Waals surface area contributed by atoms with E-state index < -0.39 is 23.5 Å². The number of carbonyl (C=O) groups is 2. The van der Waals surface area contributed by atoms with Gasteiger partial charge in [0.05, 0.1) is 18.2 Å². The molecule has 26 heavy (non-hydrogen) atoms. The Morgan fingerprint density at radius 1 is 1.23 bits per heavy atom. The molecule has 1 aliphatic rings. The second kappa shape index (κ2) is 7.51. The number of carbonyl (C=O) groups excluding carboxylic acids is 2. The van der Waals surface area contributed by atoms with Crippen LogP contribution in [0, 0.1) is 17.6 Å². The normalized spacial score (nSPS) is 16.7. The van der Waals surface area contributed by atoms with Crippen molar-refractivity contribution in [2.24, 2.45) is 5.92 Å². The molecule has 5 nitrogen and oxygen atoms in total. The van der Waals surface area contributed by atoms with Crippen molar-refractivity contribution in [1.29, 1.82) is 0 Å². The summed E-state index contributed by atoms with van der Waals surface area (Å²) < 4.78 is 32.0. The molecule has 1 fully saturated rings. The van der Waals surface area contributed by atoms with E-state index in [1.165, 1.54) is 4.90 Å². The molecule has 0 aromatic heterocycles. The van der Waals surface area contributed by atoms with Gasteiger partial charge in [0, 0.05) is 24.7 Å². The van der Waals surface area contributed by atoms with Crippen LogP contribution in [0.4, 0.5) is 20.2 Å². The average molecular weight is 360 g/mol. The van der Waals surface area contributed by atoms with Crippen molar-refractivity contribution in [3.8, 4) is 5.75 Å². The number of hydrogen-bond donors (Lipinski definition) is 1. The number of anilines is 2. The molecule has 136 valence electrons. The zero-order valence-corrected chi connectivity index (χ0v) is 14.2. The van der Waals surface area contributed by atoms with Crippen LogP contribution >= 0.6 is 0 Å². The van der Waals surface area contributed by atoms with Gasteiger partial charge in [0.1, 0.15) is 17.4 Å². The van der Waals surface area contributed by atoms with Gasteiger partial charge in [-0.1, -0.05) is 0 Å². The highest BCUT2D eigenvalue weighted by molar-refractivity contribution is 6.03. The summed E-state index contributed by atoms with van der Waals surface area (Å²) in [4.78, 5) is 26.1. The lowest BCUT2D eigenvalue weighted by atomic mass is 10.1. The smallest absolute Gasteiger partial charge is 0.229 e. The van der Waals surface area contributed by atoms with E-state index in [0.29, 0.717) is 24.1 Å². The Labute approximate surface area is 149 Å². The first-order chi connectivity index (χ1) is 12.5. The fraction of sp³-hybridized carbons (Fsp3) is 0.263. The quantitative estimate of drug-likeness (QED) is 0.890. The number of hydrogen-bond acceptors (Lipinski definition) is 3. The second-order valence-electron chi connectivity index (χ2n) is 5.95. The number of halogens is 2. The molecule has 0 spiro atoms. The molecule has 0 radical (unpaired) electrons. The van der Waals surface area contributed by atoms with Gasteiger partial charge in [-0.15, -0.1) is 0 Å². The lowest BCUT2D eigenvalue weighted by molar-refractivity contribution is -0.122. The molecule has 2 aromatic carbocycles. The SMILES string of the molecule is CCOc1ccc(N2C[C@H](C(=O)Nc3ccc(F)cc3F)CC2=O)cc1. The molecule has 0 unspecified atom stereocenters. The summed E-state index contributed by atoms with van der Waals surface area (Å²) in [5.41, 5.74) is 0.560. The topological polar surface area (TPSA) is 58.6 Å². The van der Waals surface area contributed by atoms with Gasteiger partial charge in [-0.05, 0) is 43.3 Å². The van der Waals surface area contributed by atoms with E-state index in [2.05, 4.69) is 5.32 Å². The first kappa shape index (κ1) is 17.8. The predicted octanol–water partition coefficient (Wildman–Crippen LogP) is 3.36. The molecule has 0 bridgehead atoms. The Morgan fingerprint density at radius 3 is 2.62 bits per heavy atom. The number of nitrogens with zero attached hydrogens (tertiary/aromatic N) is 1. The van der Waals surface area contributed by atoms with Gasteiger partial charge in [-0.2, -0.15) is 0 Å². The lowest BCUT2D eigenvalue weighted by Crippen LogP contribution is -2.28. The Kier molecular flexibility index (Phi) is 5.16. The molecule has 2 aromatic rings. The number of benzene rings is 2. The molecule has 7 heteroatoms. The van der Waals surface area contributed by atoms with Crippen LogP contribution < -0.4 is 15.0 Å². The fourth-order valence-electron chi connectivity index (χ4n) is 2.85. The monoisotopic (exact) mass is 360 g/mol. The minimum atomic E-state index is -0.856. The van der Waals surface area contributed by atoms with Gasteiger partial charge >= 0.3 is 0 Å². The molecule has 0 aliphatic carbocycles. The van der Waals surface area contributed by atoms with Crippen LogP contribution in [-0.4, -0.2) is 25.0 Å². The fourth-order valence-corrected chi connectivity index (χ4v) is 2.85. The second-order valence-corrected chi connectivity index (χ2v) is 5.95. The summed E-state index contributed by atoms with van der Waals surface area (Å²) in [7, 11) is 0. The van der Waals surface area contributed by atoms with Gasteiger partial charge in [0.15, 0.2) is 0 Å². The van der Waals surface area contributed by atoms with Crippen molar-refractivity contribution < 1.29 is 23.1 Å². The van der Waals surface area contributed by atoms with Crippen LogP contribution in [0.2, 0.25) is 0 Å². The van der Waals surface area contributed by atoms with E-state index in [1.807, 2.05) is 6.92 Å². The Morgan fingerprint density at radius 2 is 1.96 bits per heavy atom. The van der Waals surface area contributed by atoms with Crippen LogP contribution in [0.25, 0.3) is 0 Å². The molecule has 3 rings (SSSR count). The molecule has 1 N–H and O–H groups in total. The highest BCUT2D eigenvalue weighted by Gasteiger charge is 2.35. The number of rotatable bonds is 5. The summed E-state index contributed by atoms with van der Waals surface area (Å²) in [5, 5.41) is 2.42. The van der Waals surface area contributed by atoms with Gasteiger partial charge in [0.25, 0.3) is 0 Å². The zero-order valence-electron chi connectivity index (χ0n) is 14.2. The van der Waals surface area contributed by atoms with Crippen LogP contribution in [0.1, 0.15) is 13.3 Å². The highest BCUT2D eigenvalue weighted by Crippen LogP contribution is 2.28. The standard InChI is InChI=1S/C19H18F2N2O3/c1-2-26-15-6-4-14(5-7-15)23-11-12(9-18(23)24)19(25)22-17-8-3-13(20)10-16(17)21/h3-8,10,12H,2,9,11H2,1H3,(H,22,25)/t12-/m1/s1. The summed E-state index contributed by atoms with van der Waals surface area (Å²) in [5.74, 6) is -2.15. The van der Waals surface area contributed by atoms with E-state index in [4.69, 9.17) is 4.74 Å². The maximum Gasteiger partial charge on any atom is 0.229 e. The van der Waals surface area contributed by atoms with E-state index in [-0.39, 0.29) is 24.6 Å². The van der Waals surface area contributed by atoms with Crippen molar-refractivity contribution >= 4 is 23.2 Å². The van der Waals surface area contributed by atoms with Crippen LogP contribution in [0.15, 0.2) is 42.5 Å². The summed E-state index contributed by atoms with van der Waals surface area (Å²) in [6.07, 6.45) is 0.0296. The zero-order chi connectivity index (χ0) is 18.7. The van der Waals surface area contributed by atoms with Gasteiger partial charge in [-0.3, -0.25) is 9.59 Å². The predicted molar refractivity (Wildman–Crippen MR) is 93.1 cm³/mol. The Bertz CT molecular complexity index is 824. The van der Waals surface area contributed by atoms with Crippen molar-refractivity contribution in [3.05, 3.63) is 54.1 Å². The Balaban J connectivity index is 1.67. The van der Waals surface area contributed by atoms with Crippen LogP contribution in [0.5, 0.6) is 5.75 Å². The molecule has 1 heterocycles. The van der Waals surface area contributed by atoms with Crippen molar-refractivity contribution in [2.45, 2.75) is 13.3 Å². The first-order valence-electron chi connectivity index (χ1n) is 8.27. The molecule has 1 atom stereocenters. The molecule has 1 aliphatic heterocycles. The van der Waals surface area contributed by atoms with Crippen molar-refractivity contribution in [1.82, 2.24) is 0 Å². The minimum Gasteiger partial charge on any atom is -0.494 e. The highest BCUT2D eigenvalue weighted by atomic mass is 19.1. The van der Waals surface area contributed by atoms with Crippen molar-refractivity contribution in [3.63, 3.8) is 0 Å². The van der Waals surface area contributed by atoms with Crippen LogP contribution in [0.3, 0.4) is 0 Å². The maximum absolute atomic E-state index is 13.7. The number of nitrogens with one attached hydrogen (secondary N) is 1. The molecule has 0 saturated carbocycles. The molecule has 2 amide bonds. The van der Waals surface area contributed by atoms with Gasteiger partial charge in [0.2, 0.25) is 11.8 Å². The van der Waals surface area contributed by atoms with Gasteiger partial charge in [-0.25, -0.2) is 8.78 Å². The summed E-state index contributed by atoms with van der Waals surface area (Å²) >= 11 is 0. The average Bonchev–Trinajstić information content (AvgIpc) is 3.00. The van der Waals surface area contributed by atoms with Crippen molar-refractivity contribution in [2.75, 3.05) is 23.4 Å². The molecular formula is C19H18F2N2O3.